The van der Waals surface area contributed by atoms with Gasteiger partial charge in [-0.05, 0) is 56.7 Å². The van der Waals surface area contributed by atoms with E-state index in [0.29, 0.717) is 18.5 Å². The van der Waals surface area contributed by atoms with Gasteiger partial charge in [-0.25, -0.2) is 0 Å². The zero-order valence-corrected chi connectivity index (χ0v) is 19.7. The molecule has 0 aromatic carbocycles. The molecule has 1 aliphatic heterocycles. The topological polar surface area (TPSA) is 87.5 Å². The van der Waals surface area contributed by atoms with Gasteiger partial charge in [-0.15, -0.1) is 5.53 Å². The molecule has 0 bridgehead atoms. The summed E-state index contributed by atoms with van der Waals surface area (Å²) in [6, 6.07) is 4.39. The van der Waals surface area contributed by atoms with Crippen molar-refractivity contribution in [3.63, 3.8) is 0 Å². The Morgan fingerprint density at radius 3 is 2.72 bits per heavy atom. The van der Waals surface area contributed by atoms with Gasteiger partial charge in [0.1, 0.15) is 11.6 Å². The predicted molar refractivity (Wildman–Crippen MR) is 128 cm³/mol. The van der Waals surface area contributed by atoms with Crippen LogP contribution in [-0.2, 0) is 11.2 Å². The molecule has 2 aliphatic carbocycles. The molecule has 0 atom stereocenters. The number of rotatable bonds is 9. The highest BCUT2D eigenvalue weighted by molar-refractivity contribution is 5.65. The fourth-order valence-electron chi connectivity index (χ4n) is 4.47. The van der Waals surface area contributed by atoms with E-state index in [4.69, 9.17) is 15.5 Å². The van der Waals surface area contributed by atoms with E-state index in [1.807, 2.05) is 31.1 Å². The molecular formula is C25H38N6O. The molecule has 4 rings (SSSR count). The highest BCUT2D eigenvalue weighted by Gasteiger charge is 2.24. The van der Waals surface area contributed by atoms with Crippen LogP contribution in [0.15, 0.2) is 41.6 Å². The number of aromatic nitrogens is 1. The summed E-state index contributed by atoms with van der Waals surface area (Å²) in [4.78, 5) is 4.94. The fraction of sp³-hybridized carbons (Fsp3) is 0.560. The number of nitrogens with zero attached hydrogens (tertiary/aromatic N) is 2. The maximum atomic E-state index is 6.22. The number of pyridine rings is 1. The van der Waals surface area contributed by atoms with Crippen LogP contribution >= 0.6 is 0 Å². The van der Waals surface area contributed by atoms with Crippen LogP contribution in [0.2, 0.25) is 0 Å². The Bertz CT molecular complexity index is 896. The number of likely N-dealkylation sites (N-methyl/N-ethyl adjacent to an activating group) is 1. The van der Waals surface area contributed by atoms with Gasteiger partial charge in [0.25, 0.3) is 0 Å². The van der Waals surface area contributed by atoms with Gasteiger partial charge in [-0.3, -0.25) is 15.4 Å². The van der Waals surface area contributed by atoms with Crippen LogP contribution in [0.4, 0.5) is 0 Å². The van der Waals surface area contributed by atoms with Crippen molar-refractivity contribution < 1.29 is 4.74 Å². The van der Waals surface area contributed by atoms with Crippen molar-refractivity contribution in [1.29, 1.82) is 0 Å². The molecule has 0 saturated heterocycles. The molecule has 5 N–H and O–H groups in total. The van der Waals surface area contributed by atoms with Gasteiger partial charge >= 0.3 is 0 Å². The lowest BCUT2D eigenvalue weighted by atomic mass is 9.84. The van der Waals surface area contributed by atoms with Crippen LogP contribution in [0, 0.1) is 12.8 Å². The molecule has 2 fully saturated rings. The number of hydrogen-bond donors (Lipinski definition) is 4. The molecule has 7 nitrogen and oxygen atoms in total. The Labute approximate surface area is 192 Å². The van der Waals surface area contributed by atoms with Crippen LogP contribution in [-0.4, -0.2) is 29.7 Å². The second-order valence-electron chi connectivity index (χ2n) is 9.23. The average Bonchev–Trinajstić information content (AvgIpc) is 3.54. The van der Waals surface area contributed by atoms with E-state index < -0.39 is 0 Å². The van der Waals surface area contributed by atoms with Crippen LogP contribution in [0.25, 0.3) is 5.70 Å². The lowest BCUT2D eigenvalue weighted by molar-refractivity contribution is 0.208. The third-order valence-electron chi connectivity index (χ3n) is 6.60. The SMILES string of the molecule is C/C=C(\C=C(/N)NCC1=C(c2ccc(CC3CCCCC3)c(C)n2)NNN1C)OC1CC1. The normalized spacial score (nSPS) is 20.5. The number of aryl methyl sites for hydroxylation is 1. The van der Waals surface area contributed by atoms with Crippen LogP contribution in [0.1, 0.15) is 68.8 Å². The minimum Gasteiger partial charge on any atom is -0.491 e. The molecule has 32 heavy (non-hydrogen) atoms. The molecule has 1 aromatic rings. The number of hydrazine groups is 2. The van der Waals surface area contributed by atoms with E-state index >= 15 is 0 Å². The number of ether oxygens (including phenoxy) is 1. The summed E-state index contributed by atoms with van der Waals surface area (Å²) in [6.45, 7) is 4.66. The van der Waals surface area contributed by atoms with Gasteiger partial charge < -0.3 is 15.8 Å². The molecule has 3 aliphatic rings. The lowest BCUT2D eigenvalue weighted by Crippen LogP contribution is -2.36. The van der Waals surface area contributed by atoms with E-state index in [2.05, 4.69) is 35.3 Å². The summed E-state index contributed by atoms with van der Waals surface area (Å²) < 4.78 is 5.85. The monoisotopic (exact) mass is 438 g/mol. The summed E-state index contributed by atoms with van der Waals surface area (Å²) in [7, 11) is 1.98. The van der Waals surface area contributed by atoms with Gasteiger partial charge in [-0.2, -0.15) is 0 Å². The Balaban J connectivity index is 1.43. The average molecular weight is 439 g/mol. The van der Waals surface area contributed by atoms with Crippen molar-refractivity contribution in [2.24, 2.45) is 11.7 Å². The fourth-order valence-corrected chi connectivity index (χ4v) is 4.47. The standard InChI is InChI=1S/C25H38N6O/c1-4-20(32-21-11-12-21)15-24(26)27-16-23-25(29-30-31(23)3)22-13-10-19(17(2)28-22)14-18-8-6-5-7-9-18/h4,10,13,15,18,21,27,29-30H,5-9,11-12,14,16,26H2,1-3H3/b20-4+,24-15+. The third-order valence-corrected chi connectivity index (χ3v) is 6.60. The molecule has 1 aromatic heterocycles. The van der Waals surface area contributed by atoms with E-state index in [9.17, 15) is 0 Å². The number of hydrogen-bond acceptors (Lipinski definition) is 7. The Kier molecular flexibility index (Phi) is 7.25. The van der Waals surface area contributed by atoms with Gasteiger partial charge in [0, 0.05) is 18.8 Å². The largest absolute Gasteiger partial charge is 0.491 e. The minimum absolute atomic E-state index is 0.351. The predicted octanol–water partition coefficient (Wildman–Crippen LogP) is 3.61. The summed E-state index contributed by atoms with van der Waals surface area (Å²) >= 11 is 0. The van der Waals surface area contributed by atoms with E-state index in [-0.39, 0.29) is 0 Å². The van der Waals surface area contributed by atoms with E-state index in [0.717, 1.165) is 53.7 Å². The van der Waals surface area contributed by atoms with Crippen LogP contribution < -0.4 is 22.0 Å². The number of allylic oxidation sites excluding steroid dienone is 2. The first-order valence-corrected chi connectivity index (χ1v) is 12.0. The van der Waals surface area contributed by atoms with E-state index in [1.54, 1.807) is 0 Å². The van der Waals surface area contributed by atoms with Gasteiger partial charge in [-0.1, -0.05) is 38.2 Å². The van der Waals surface area contributed by atoms with Crippen LogP contribution in [0.5, 0.6) is 0 Å². The second kappa shape index (κ2) is 10.3. The van der Waals surface area contributed by atoms with E-state index in [1.165, 1.54) is 37.7 Å². The quantitative estimate of drug-likeness (QED) is 0.346. The molecule has 0 amide bonds. The maximum Gasteiger partial charge on any atom is 0.119 e. The highest BCUT2D eigenvalue weighted by atomic mass is 16.5. The first-order valence-electron chi connectivity index (χ1n) is 12.0. The van der Waals surface area contributed by atoms with Gasteiger partial charge in [0.2, 0.25) is 0 Å². The van der Waals surface area contributed by atoms with Crippen molar-refractivity contribution in [2.45, 2.75) is 71.3 Å². The molecule has 2 heterocycles. The molecular weight excluding hydrogens is 400 g/mol. The molecule has 0 spiro atoms. The second-order valence-corrected chi connectivity index (χ2v) is 9.23. The zero-order valence-electron chi connectivity index (χ0n) is 19.7. The number of nitrogens with two attached hydrogens (primary N) is 1. The van der Waals surface area contributed by atoms with Gasteiger partial charge in [0.05, 0.1) is 29.7 Å². The Morgan fingerprint density at radius 2 is 2.03 bits per heavy atom. The summed E-state index contributed by atoms with van der Waals surface area (Å²) in [5.74, 6) is 2.21. The zero-order chi connectivity index (χ0) is 22.5. The third kappa shape index (κ3) is 5.76. The Morgan fingerprint density at radius 1 is 1.25 bits per heavy atom. The molecule has 0 unspecified atom stereocenters. The molecule has 0 radical (unpaired) electrons. The lowest BCUT2D eigenvalue weighted by Gasteiger charge is -2.22. The van der Waals surface area contributed by atoms with Crippen molar-refractivity contribution in [3.05, 3.63) is 58.5 Å². The Hall–Kier alpha value is -2.67. The minimum atomic E-state index is 0.351. The highest BCUT2D eigenvalue weighted by Crippen LogP contribution is 2.29. The first-order chi connectivity index (χ1) is 15.5. The van der Waals surface area contributed by atoms with Crippen molar-refractivity contribution in [1.82, 2.24) is 26.3 Å². The molecule has 7 heteroatoms. The first kappa shape index (κ1) is 22.5. The van der Waals surface area contributed by atoms with Crippen molar-refractivity contribution >= 4 is 5.70 Å². The number of nitrogens with one attached hydrogen (secondary N) is 3. The van der Waals surface area contributed by atoms with Crippen molar-refractivity contribution in [3.8, 4) is 0 Å². The summed E-state index contributed by atoms with van der Waals surface area (Å²) in [5.41, 5.74) is 18.1. The maximum absolute atomic E-state index is 6.22. The van der Waals surface area contributed by atoms with Crippen LogP contribution in [0.3, 0.4) is 0 Å². The smallest absolute Gasteiger partial charge is 0.119 e. The van der Waals surface area contributed by atoms with Crippen molar-refractivity contribution in [2.75, 3.05) is 13.6 Å². The summed E-state index contributed by atoms with van der Waals surface area (Å²) in [6.07, 6.45) is 14.4. The summed E-state index contributed by atoms with van der Waals surface area (Å²) in [5, 5.41) is 5.26. The molecule has 2 saturated carbocycles. The van der Waals surface area contributed by atoms with Gasteiger partial charge in [0.15, 0.2) is 0 Å². The molecule has 174 valence electrons.